The lowest BCUT2D eigenvalue weighted by Crippen LogP contribution is -2.57. The van der Waals surface area contributed by atoms with Crippen LogP contribution in [0.5, 0.6) is 0 Å². The molecule has 1 N–H and O–H groups in total. The van der Waals surface area contributed by atoms with E-state index in [9.17, 15) is 9.90 Å². The first-order chi connectivity index (χ1) is 6.68. The van der Waals surface area contributed by atoms with Gasteiger partial charge < -0.3 is 10.0 Å². The summed E-state index contributed by atoms with van der Waals surface area (Å²) >= 11 is 0. The van der Waals surface area contributed by atoms with Crippen molar-refractivity contribution in [2.45, 2.75) is 31.9 Å². The summed E-state index contributed by atoms with van der Waals surface area (Å²) in [4.78, 5) is 15.3. The maximum Gasteiger partial charge on any atom is 0.219 e. The van der Waals surface area contributed by atoms with Crippen LogP contribution < -0.4 is 0 Å². The number of amides is 1. The van der Waals surface area contributed by atoms with Gasteiger partial charge in [0.1, 0.15) is 0 Å². The number of piperazine rings is 1. The fraction of sp³-hybridized carbons (Fsp3) is 0.900. The molecule has 0 aromatic carbocycles. The van der Waals surface area contributed by atoms with E-state index in [1.54, 1.807) is 6.92 Å². The average molecular weight is 198 g/mol. The van der Waals surface area contributed by atoms with Gasteiger partial charge in [0.2, 0.25) is 5.91 Å². The Morgan fingerprint density at radius 2 is 1.86 bits per heavy atom. The van der Waals surface area contributed by atoms with Crippen molar-refractivity contribution >= 4 is 5.91 Å². The van der Waals surface area contributed by atoms with Gasteiger partial charge in [0.15, 0.2) is 0 Å². The second-order valence-electron chi connectivity index (χ2n) is 4.25. The molecule has 4 heteroatoms. The molecular formula is C10H18N2O2. The van der Waals surface area contributed by atoms with Crippen molar-refractivity contribution in [2.24, 2.45) is 0 Å². The molecule has 0 spiro atoms. The Bertz CT molecular complexity index is 224. The third-order valence-corrected chi connectivity index (χ3v) is 3.43. The molecule has 1 aliphatic heterocycles. The number of rotatable bonds is 1. The van der Waals surface area contributed by atoms with E-state index in [4.69, 9.17) is 0 Å². The summed E-state index contributed by atoms with van der Waals surface area (Å²) in [6.45, 7) is 5.09. The second-order valence-corrected chi connectivity index (χ2v) is 4.25. The molecule has 0 aromatic rings. The molecule has 2 aliphatic rings. The number of carbonyl (C=O) groups is 1. The van der Waals surface area contributed by atoms with Crippen molar-refractivity contribution in [1.82, 2.24) is 9.80 Å². The molecule has 1 aliphatic carbocycles. The molecule has 2 atom stereocenters. The molecule has 2 fully saturated rings. The minimum Gasteiger partial charge on any atom is -0.391 e. The standard InChI is InChI=1S/C10H18N2O2/c1-8(13)11-4-6-12(7-5-11)9-2-3-10(9)14/h9-10,14H,2-7H2,1H3/t9-,10-/m1/s1. The van der Waals surface area contributed by atoms with Crippen LogP contribution in [-0.2, 0) is 4.79 Å². The van der Waals surface area contributed by atoms with E-state index in [1.807, 2.05) is 4.90 Å². The van der Waals surface area contributed by atoms with E-state index in [0.717, 1.165) is 39.0 Å². The highest BCUT2D eigenvalue weighted by Crippen LogP contribution is 2.26. The molecule has 0 unspecified atom stereocenters. The molecular weight excluding hydrogens is 180 g/mol. The first-order valence-electron chi connectivity index (χ1n) is 5.36. The van der Waals surface area contributed by atoms with E-state index in [0.29, 0.717) is 6.04 Å². The first-order valence-corrected chi connectivity index (χ1v) is 5.36. The summed E-state index contributed by atoms with van der Waals surface area (Å²) in [5, 5.41) is 9.51. The number of aliphatic hydroxyl groups is 1. The molecule has 0 radical (unpaired) electrons. The smallest absolute Gasteiger partial charge is 0.219 e. The second kappa shape index (κ2) is 3.87. The van der Waals surface area contributed by atoms with E-state index in [2.05, 4.69) is 4.90 Å². The lowest BCUT2D eigenvalue weighted by Gasteiger charge is -2.45. The minimum atomic E-state index is -0.126. The molecule has 14 heavy (non-hydrogen) atoms. The van der Waals surface area contributed by atoms with Crippen molar-refractivity contribution in [1.29, 1.82) is 0 Å². The summed E-state index contributed by atoms with van der Waals surface area (Å²) < 4.78 is 0. The van der Waals surface area contributed by atoms with Crippen LogP contribution in [0.2, 0.25) is 0 Å². The Kier molecular flexibility index (Phi) is 2.74. The Morgan fingerprint density at radius 3 is 2.21 bits per heavy atom. The van der Waals surface area contributed by atoms with Crippen molar-refractivity contribution in [3.63, 3.8) is 0 Å². The van der Waals surface area contributed by atoms with Gasteiger partial charge in [-0.15, -0.1) is 0 Å². The maximum atomic E-state index is 11.1. The van der Waals surface area contributed by atoms with Crippen molar-refractivity contribution in [2.75, 3.05) is 26.2 Å². The predicted molar refractivity (Wildman–Crippen MR) is 52.9 cm³/mol. The van der Waals surface area contributed by atoms with Crippen LogP contribution in [-0.4, -0.2) is 59.1 Å². The number of hydrogen-bond donors (Lipinski definition) is 1. The van der Waals surface area contributed by atoms with Crippen LogP contribution in [0, 0.1) is 0 Å². The van der Waals surface area contributed by atoms with Crippen molar-refractivity contribution < 1.29 is 9.90 Å². The topological polar surface area (TPSA) is 43.8 Å². The van der Waals surface area contributed by atoms with Crippen molar-refractivity contribution in [3.8, 4) is 0 Å². The van der Waals surface area contributed by atoms with Gasteiger partial charge >= 0.3 is 0 Å². The predicted octanol–water partition coefficient (Wildman–Crippen LogP) is -0.326. The van der Waals surface area contributed by atoms with Gasteiger partial charge in [-0.25, -0.2) is 0 Å². The summed E-state index contributed by atoms with van der Waals surface area (Å²) in [6, 6.07) is 0.365. The van der Waals surface area contributed by atoms with Gasteiger partial charge in [0, 0.05) is 39.1 Å². The summed E-state index contributed by atoms with van der Waals surface area (Å²) in [5.74, 6) is 0.166. The lowest BCUT2D eigenvalue weighted by atomic mass is 9.87. The zero-order chi connectivity index (χ0) is 10.1. The third kappa shape index (κ3) is 1.77. The molecule has 1 saturated carbocycles. The number of nitrogens with zero attached hydrogens (tertiary/aromatic N) is 2. The van der Waals surface area contributed by atoms with E-state index >= 15 is 0 Å². The molecule has 2 rings (SSSR count). The lowest BCUT2D eigenvalue weighted by molar-refractivity contribution is -0.132. The molecule has 1 amide bonds. The SMILES string of the molecule is CC(=O)N1CCN([C@@H]2CC[C@H]2O)CC1. The molecule has 80 valence electrons. The number of aliphatic hydroxyl groups excluding tert-OH is 1. The highest BCUT2D eigenvalue weighted by Gasteiger charge is 2.35. The Hall–Kier alpha value is -0.610. The highest BCUT2D eigenvalue weighted by molar-refractivity contribution is 5.73. The van der Waals surface area contributed by atoms with Gasteiger partial charge in [-0.3, -0.25) is 9.69 Å². The Balaban J connectivity index is 1.81. The van der Waals surface area contributed by atoms with Crippen LogP contribution in [0.4, 0.5) is 0 Å². The molecule has 0 bridgehead atoms. The van der Waals surface area contributed by atoms with Crippen molar-refractivity contribution in [3.05, 3.63) is 0 Å². The molecule has 1 heterocycles. The maximum absolute atomic E-state index is 11.1. The molecule has 0 aromatic heterocycles. The Morgan fingerprint density at radius 1 is 1.21 bits per heavy atom. The first kappa shape index (κ1) is 9.93. The summed E-state index contributed by atoms with van der Waals surface area (Å²) in [7, 11) is 0. The summed E-state index contributed by atoms with van der Waals surface area (Å²) in [6.07, 6.45) is 1.93. The van der Waals surface area contributed by atoms with Crippen LogP contribution in [0.1, 0.15) is 19.8 Å². The fourth-order valence-electron chi connectivity index (χ4n) is 2.26. The molecule has 4 nitrogen and oxygen atoms in total. The zero-order valence-corrected chi connectivity index (χ0v) is 8.65. The van der Waals surface area contributed by atoms with Gasteiger partial charge in [-0.05, 0) is 12.8 Å². The largest absolute Gasteiger partial charge is 0.391 e. The third-order valence-electron chi connectivity index (χ3n) is 3.43. The van der Waals surface area contributed by atoms with Crippen LogP contribution in [0.25, 0.3) is 0 Å². The van der Waals surface area contributed by atoms with E-state index < -0.39 is 0 Å². The Labute approximate surface area is 84.5 Å². The average Bonchev–Trinajstić information content (AvgIpc) is 2.16. The van der Waals surface area contributed by atoms with Crippen LogP contribution >= 0.6 is 0 Å². The molecule has 1 saturated heterocycles. The van der Waals surface area contributed by atoms with E-state index in [1.165, 1.54) is 0 Å². The highest BCUT2D eigenvalue weighted by atomic mass is 16.3. The number of hydrogen-bond acceptors (Lipinski definition) is 3. The van der Waals surface area contributed by atoms with Gasteiger partial charge in [0.25, 0.3) is 0 Å². The van der Waals surface area contributed by atoms with Gasteiger partial charge in [0.05, 0.1) is 6.10 Å². The van der Waals surface area contributed by atoms with Crippen LogP contribution in [0.3, 0.4) is 0 Å². The van der Waals surface area contributed by atoms with E-state index in [-0.39, 0.29) is 12.0 Å². The quantitative estimate of drug-likeness (QED) is 0.627. The van der Waals surface area contributed by atoms with Gasteiger partial charge in [-0.2, -0.15) is 0 Å². The zero-order valence-electron chi connectivity index (χ0n) is 8.65. The fourth-order valence-corrected chi connectivity index (χ4v) is 2.26. The van der Waals surface area contributed by atoms with Gasteiger partial charge in [-0.1, -0.05) is 0 Å². The van der Waals surface area contributed by atoms with Crippen LogP contribution in [0.15, 0.2) is 0 Å². The monoisotopic (exact) mass is 198 g/mol. The minimum absolute atomic E-state index is 0.126. The summed E-state index contributed by atoms with van der Waals surface area (Å²) in [5.41, 5.74) is 0. The number of carbonyl (C=O) groups excluding carboxylic acids is 1. The normalized spacial score (nSPS) is 34.0.